The van der Waals surface area contributed by atoms with Crippen LogP contribution in [0.3, 0.4) is 0 Å². The average Bonchev–Trinajstić information content (AvgIpc) is 3.10. The molecule has 0 aromatic heterocycles. The van der Waals surface area contributed by atoms with Gasteiger partial charge in [-0.05, 0) is 72.0 Å². The number of benzene rings is 3. The lowest BCUT2D eigenvalue weighted by Gasteiger charge is -2.15. The molecule has 1 heterocycles. The Balaban J connectivity index is 1.45. The molecule has 1 saturated heterocycles. The quantitative estimate of drug-likeness (QED) is 0.238. The van der Waals surface area contributed by atoms with Gasteiger partial charge in [-0.25, -0.2) is 0 Å². The molecule has 1 fully saturated rings. The van der Waals surface area contributed by atoms with E-state index < -0.39 is 0 Å². The third kappa shape index (κ3) is 6.05. The van der Waals surface area contributed by atoms with Crippen molar-refractivity contribution in [2.24, 2.45) is 0 Å². The maximum Gasteiger partial charge on any atom is 0.270 e. The second-order valence-electron chi connectivity index (χ2n) is 7.77. The molecular formula is C27H24ClNO2S2. The monoisotopic (exact) mass is 493 g/mol. The van der Waals surface area contributed by atoms with Gasteiger partial charge >= 0.3 is 0 Å². The van der Waals surface area contributed by atoms with Crippen molar-refractivity contribution in [2.45, 2.75) is 32.8 Å². The van der Waals surface area contributed by atoms with Crippen molar-refractivity contribution < 1.29 is 9.53 Å². The van der Waals surface area contributed by atoms with Gasteiger partial charge in [-0.15, -0.1) is 0 Å². The number of thioether (sulfide) groups is 1. The molecule has 0 N–H and O–H groups in total. The molecule has 4 rings (SSSR count). The van der Waals surface area contributed by atoms with E-state index in [1.165, 1.54) is 17.3 Å². The Morgan fingerprint density at radius 1 is 1.03 bits per heavy atom. The number of rotatable bonds is 8. The molecule has 1 aliphatic rings. The van der Waals surface area contributed by atoms with Crippen molar-refractivity contribution >= 4 is 57.6 Å². The summed E-state index contributed by atoms with van der Waals surface area (Å²) in [6, 6.07) is 23.4. The highest BCUT2D eigenvalue weighted by molar-refractivity contribution is 8.27. The van der Waals surface area contributed by atoms with Gasteiger partial charge in [-0.3, -0.25) is 9.69 Å². The Bertz CT molecular complexity index is 1170. The van der Waals surface area contributed by atoms with E-state index >= 15 is 0 Å². The number of unbranched alkanes of at least 4 members (excludes halogenated alkanes) is 1. The summed E-state index contributed by atoms with van der Waals surface area (Å²) in [6.45, 7) is 2.62. The minimum absolute atomic E-state index is 0.0983. The van der Waals surface area contributed by atoms with E-state index in [0.29, 0.717) is 20.9 Å². The van der Waals surface area contributed by atoms with Crippen LogP contribution in [0.15, 0.2) is 77.7 Å². The first-order valence-electron chi connectivity index (χ1n) is 10.9. The lowest BCUT2D eigenvalue weighted by atomic mass is 10.1. The smallest absolute Gasteiger partial charge is 0.270 e. The fourth-order valence-electron chi connectivity index (χ4n) is 3.48. The number of hydrogen-bond acceptors (Lipinski definition) is 4. The summed E-state index contributed by atoms with van der Waals surface area (Å²) in [5.41, 5.74) is 4.00. The van der Waals surface area contributed by atoms with Gasteiger partial charge in [0.1, 0.15) is 12.4 Å². The summed E-state index contributed by atoms with van der Waals surface area (Å²) in [6.07, 6.45) is 5.23. The topological polar surface area (TPSA) is 29.5 Å². The van der Waals surface area contributed by atoms with Gasteiger partial charge in [0, 0.05) is 5.02 Å². The Kier molecular flexibility index (Phi) is 7.86. The van der Waals surface area contributed by atoms with E-state index in [2.05, 4.69) is 19.1 Å². The molecule has 0 unspecified atom stereocenters. The van der Waals surface area contributed by atoms with Crippen LogP contribution in [0.1, 0.15) is 36.5 Å². The van der Waals surface area contributed by atoms with Crippen LogP contribution in [0.4, 0.5) is 5.69 Å². The summed E-state index contributed by atoms with van der Waals surface area (Å²) in [5.74, 6) is 0.635. The van der Waals surface area contributed by atoms with E-state index in [9.17, 15) is 4.79 Å². The summed E-state index contributed by atoms with van der Waals surface area (Å²) < 4.78 is 6.46. The molecule has 0 spiro atoms. The Labute approximate surface area is 209 Å². The van der Waals surface area contributed by atoms with Crippen LogP contribution < -0.4 is 9.64 Å². The van der Waals surface area contributed by atoms with E-state index in [-0.39, 0.29) is 5.91 Å². The predicted octanol–water partition coefficient (Wildman–Crippen LogP) is 7.67. The maximum absolute atomic E-state index is 13.1. The number of carbonyl (C=O) groups is 1. The standard InChI is InChI=1S/C27H24ClNO2S2/c1-2-3-5-19-10-14-23(15-11-19)29-26(30)25(33-27(29)32)17-21-6-4-7-24(16-21)31-18-20-8-12-22(28)13-9-20/h4,6-17H,2-3,5,18H2,1H3/b25-17-. The van der Waals surface area contributed by atoms with E-state index in [0.717, 1.165) is 41.8 Å². The second-order valence-corrected chi connectivity index (χ2v) is 9.89. The van der Waals surface area contributed by atoms with Crippen LogP contribution in [0.25, 0.3) is 6.08 Å². The number of thiocarbonyl (C=S) groups is 1. The lowest BCUT2D eigenvalue weighted by Crippen LogP contribution is -2.27. The fraction of sp³-hybridized carbons (Fsp3) is 0.185. The van der Waals surface area contributed by atoms with Gasteiger partial charge in [-0.1, -0.05) is 85.3 Å². The van der Waals surface area contributed by atoms with Gasteiger partial charge in [0.25, 0.3) is 5.91 Å². The third-order valence-electron chi connectivity index (χ3n) is 5.28. The normalized spacial score (nSPS) is 14.8. The Hall–Kier alpha value is -2.60. The molecule has 168 valence electrons. The number of halogens is 1. The Morgan fingerprint density at radius 3 is 2.48 bits per heavy atom. The number of anilines is 1. The predicted molar refractivity (Wildman–Crippen MR) is 143 cm³/mol. The van der Waals surface area contributed by atoms with Crippen molar-refractivity contribution in [1.82, 2.24) is 0 Å². The first-order valence-corrected chi connectivity index (χ1v) is 12.5. The highest BCUT2D eigenvalue weighted by Gasteiger charge is 2.33. The highest BCUT2D eigenvalue weighted by Crippen LogP contribution is 2.36. The largest absolute Gasteiger partial charge is 0.489 e. The number of hydrogen-bond donors (Lipinski definition) is 0. The van der Waals surface area contributed by atoms with Crippen molar-refractivity contribution in [1.29, 1.82) is 0 Å². The zero-order valence-corrected chi connectivity index (χ0v) is 20.7. The molecule has 0 aliphatic carbocycles. The van der Waals surface area contributed by atoms with Gasteiger partial charge in [0.05, 0.1) is 10.6 Å². The van der Waals surface area contributed by atoms with Crippen LogP contribution in [0.2, 0.25) is 5.02 Å². The van der Waals surface area contributed by atoms with Crippen molar-refractivity contribution in [3.05, 3.63) is 99.4 Å². The molecule has 3 nitrogen and oxygen atoms in total. The summed E-state index contributed by atoms with van der Waals surface area (Å²) >= 11 is 12.8. The minimum Gasteiger partial charge on any atom is -0.489 e. The summed E-state index contributed by atoms with van der Waals surface area (Å²) in [5, 5.41) is 0.700. The molecular weight excluding hydrogens is 470 g/mol. The second kappa shape index (κ2) is 11.0. The molecule has 1 amide bonds. The molecule has 6 heteroatoms. The minimum atomic E-state index is -0.0983. The first kappa shape index (κ1) is 23.6. The molecule has 33 heavy (non-hydrogen) atoms. The van der Waals surface area contributed by atoms with E-state index in [1.807, 2.05) is 66.7 Å². The molecule has 3 aromatic rings. The zero-order chi connectivity index (χ0) is 23.2. The number of carbonyl (C=O) groups excluding carboxylic acids is 1. The number of nitrogens with zero attached hydrogens (tertiary/aromatic N) is 1. The number of aryl methyl sites for hydroxylation is 1. The SMILES string of the molecule is CCCCc1ccc(N2C(=O)/C(=C/c3cccc(OCc4ccc(Cl)cc4)c3)SC2=S)cc1. The van der Waals surface area contributed by atoms with Gasteiger partial charge in [-0.2, -0.15) is 0 Å². The van der Waals surface area contributed by atoms with Crippen molar-refractivity contribution in [3.8, 4) is 5.75 Å². The molecule has 0 atom stereocenters. The van der Waals surface area contributed by atoms with Crippen LogP contribution in [-0.4, -0.2) is 10.2 Å². The van der Waals surface area contributed by atoms with Crippen LogP contribution >= 0.6 is 35.6 Å². The third-order valence-corrected chi connectivity index (χ3v) is 6.84. The maximum atomic E-state index is 13.1. The lowest BCUT2D eigenvalue weighted by molar-refractivity contribution is -0.113. The van der Waals surface area contributed by atoms with E-state index in [1.54, 1.807) is 4.90 Å². The number of amides is 1. The van der Waals surface area contributed by atoms with Crippen LogP contribution in [0.5, 0.6) is 5.75 Å². The van der Waals surface area contributed by atoms with Crippen molar-refractivity contribution in [2.75, 3.05) is 4.90 Å². The Morgan fingerprint density at radius 2 is 1.76 bits per heavy atom. The van der Waals surface area contributed by atoms with Gasteiger partial charge in [0.15, 0.2) is 4.32 Å². The molecule has 3 aromatic carbocycles. The molecule has 0 saturated carbocycles. The average molecular weight is 494 g/mol. The van der Waals surface area contributed by atoms with Gasteiger partial charge < -0.3 is 4.74 Å². The number of ether oxygens (including phenoxy) is 1. The van der Waals surface area contributed by atoms with Gasteiger partial charge in [0.2, 0.25) is 0 Å². The van der Waals surface area contributed by atoms with Crippen LogP contribution in [0, 0.1) is 0 Å². The van der Waals surface area contributed by atoms with Crippen molar-refractivity contribution in [3.63, 3.8) is 0 Å². The molecule has 0 radical (unpaired) electrons. The molecule has 1 aliphatic heterocycles. The summed E-state index contributed by atoms with van der Waals surface area (Å²) in [7, 11) is 0. The summed E-state index contributed by atoms with van der Waals surface area (Å²) in [4.78, 5) is 15.3. The van der Waals surface area contributed by atoms with Crippen LogP contribution in [-0.2, 0) is 17.8 Å². The fourth-order valence-corrected chi connectivity index (χ4v) is 4.90. The highest BCUT2D eigenvalue weighted by atomic mass is 35.5. The molecule has 0 bridgehead atoms. The van der Waals surface area contributed by atoms with E-state index in [4.69, 9.17) is 28.6 Å². The first-order chi connectivity index (χ1) is 16.0. The zero-order valence-electron chi connectivity index (χ0n) is 18.3.